The first-order valence-electron chi connectivity index (χ1n) is 27.6. The Labute approximate surface area is 483 Å². The van der Waals surface area contributed by atoms with Crippen LogP contribution in [-0.2, 0) is 67.1 Å². The molecule has 0 aromatic carbocycles. The molecule has 0 aromatic rings. The van der Waals surface area contributed by atoms with Crippen molar-refractivity contribution < 1.29 is 97.8 Å². The summed E-state index contributed by atoms with van der Waals surface area (Å²) in [6, 6.07) is -15.3. The van der Waals surface area contributed by atoms with Crippen LogP contribution in [0.2, 0.25) is 0 Å². The van der Waals surface area contributed by atoms with E-state index in [-0.39, 0.29) is 76.5 Å². The molecule has 2 fully saturated rings. The van der Waals surface area contributed by atoms with Crippen LogP contribution in [-0.4, -0.2) is 216 Å². The maximum atomic E-state index is 14.4. The van der Waals surface area contributed by atoms with Gasteiger partial charge in [-0.15, -0.1) is 0 Å². The first-order chi connectivity index (χ1) is 39.2. The molecule has 2 aliphatic rings. The third-order valence-electron chi connectivity index (χ3n) is 13.7. The lowest BCUT2D eigenvalue weighted by molar-refractivity contribution is -0.146. The molecule has 2 rings (SSSR count). The number of aliphatic hydroxyl groups excluding tert-OH is 1. The number of carbonyl (C=O) groups is 14. The summed E-state index contributed by atoms with van der Waals surface area (Å²) in [5.74, 6) is -16.9. The number of carboxylic acid groups (broad SMARTS) is 5. The predicted molar refractivity (Wildman–Crippen MR) is 292 cm³/mol. The highest BCUT2D eigenvalue weighted by atomic mass is 16.4. The SMILES string of the molecule is CC(C)C[C@H](NC(=O)[C@H](CCC(=O)O)NC(=O)[C@@H]1CCCN1C(=O)[C@H](CCC(=O)O)NC(=O)[C@@H]1CCCN1C(=O)[C@H](CCC(=O)O)NC(=O)[C@@H](NC(=O)[C@H](CCC(=O)O)NC(=O)[C@@H](N)C(C)C)[C@@H](C)O)C(=O)N[C@@H](CCCN=C(N)N)C(=O)O. The molecule has 0 spiro atoms. The number of carbonyl (C=O) groups excluding carboxylic acids is 9. The molecule has 2 saturated heterocycles. The van der Waals surface area contributed by atoms with Gasteiger partial charge in [0.25, 0.3) is 0 Å². The van der Waals surface area contributed by atoms with Crippen LogP contribution in [0.3, 0.4) is 0 Å². The topological polar surface area (TPSA) is 541 Å². The Bertz CT molecular complexity index is 2420. The number of carboxylic acids is 5. The largest absolute Gasteiger partial charge is 0.481 e. The van der Waals surface area contributed by atoms with Gasteiger partial charge in [0, 0.05) is 45.3 Å². The van der Waals surface area contributed by atoms with Crippen LogP contribution in [0.1, 0.15) is 131 Å². The molecular formula is C51H83N13O20. The monoisotopic (exact) mass is 1200 g/mol. The average molecular weight is 1200 g/mol. The lowest BCUT2D eigenvalue weighted by atomic mass is 10.0. The zero-order valence-corrected chi connectivity index (χ0v) is 47.7. The van der Waals surface area contributed by atoms with Crippen molar-refractivity contribution in [1.82, 2.24) is 47.0 Å². The smallest absolute Gasteiger partial charge is 0.326 e. The maximum Gasteiger partial charge on any atom is 0.326 e. The Hall–Kier alpha value is -8.23. The molecule has 33 nitrogen and oxygen atoms in total. The zero-order valence-electron chi connectivity index (χ0n) is 47.7. The molecule has 11 atom stereocenters. The lowest BCUT2D eigenvalue weighted by Crippen LogP contribution is -2.61. The summed E-state index contributed by atoms with van der Waals surface area (Å²) in [6.07, 6.45) is -6.39. The Morgan fingerprint density at radius 3 is 1.30 bits per heavy atom. The van der Waals surface area contributed by atoms with E-state index >= 15 is 0 Å². The number of hydrogen-bond acceptors (Lipinski definition) is 17. The maximum absolute atomic E-state index is 14.4. The minimum atomic E-state index is -1.90. The molecule has 0 bridgehead atoms. The van der Waals surface area contributed by atoms with Crippen molar-refractivity contribution in [2.24, 2.45) is 34.0 Å². The summed E-state index contributed by atoms with van der Waals surface area (Å²) in [4.78, 5) is 189. The van der Waals surface area contributed by atoms with Crippen molar-refractivity contribution in [3.63, 3.8) is 0 Å². The van der Waals surface area contributed by atoms with Crippen LogP contribution >= 0.6 is 0 Å². The second kappa shape index (κ2) is 35.0. The fourth-order valence-corrected chi connectivity index (χ4v) is 9.17. The number of likely N-dealkylation sites (tertiary alicyclic amines) is 2. The van der Waals surface area contributed by atoms with Crippen LogP contribution in [0.15, 0.2) is 4.99 Å². The van der Waals surface area contributed by atoms with Crippen molar-refractivity contribution in [2.75, 3.05) is 19.6 Å². The van der Waals surface area contributed by atoms with Gasteiger partial charge >= 0.3 is 29.8 Å². The molecule has 472 valence electrons. The highest BCUT2D eigenvalue weighted by Gasteiger charge is 2.44. The first kappa shape index (κ1) is 71.9. The number of hydrogen-bond donors (Lipinski definition) is 16. The number of guanidine groups is 1. The van der Waals surface area contributed by atoms with Crippen molar-refractivity contribution in [2.45, 2.75) is 197 Å². The Morgan fingerprint density at radius 2 is 0.881 bits per heavy atom. The molecular weight excluding hydrogens is 1110 g/mol. The van der Waals surface area contributed by atoms with E-state index < -0.39 is 207 Å². The second-order valence-corrected chi connectivity index (χ2v) is 21.4. The molecule has 84 heavy (non-hydrogen) atoms. The molecule has 2 heterocycles. The highest BCUT2D eigenvalue weighted by Crippen LogP contribution is 2.24. The van der Waals surface area contributed by atoms with Gasteiger partial charge in [0.05, 0.1) is 12.1 Å². The number of nitrogens with two attached hydrogens (primary N) is 3. The third kappa shape index (κ3) is 24.3. The van der Waals surface area contributed by atoms with Gasteiger partial charge in [-0.25, -0.2) is 4.79 Å². The first-order valence-corrected chi connectivity index (χ1v) is 27.6. The fraction of sp³-hybridized carbons (Fsp3) is 0.706. The van der Waals surface area contributed by atoms with Crippen molar-refractivity contribution in [1.29, 1.82) is 0 Å². The van der Waals surface area contributed by atoms with Gasteiger partial charge < -0.3 is 94.9 Å². The van der Waals surface area contributed by atoms with Gasteiger partial charge in [0.15, 0.2) is 5.96 Å². The van der Waals surface area contributed by atoms with E-state index in [4.69, 9.17) is 17.2 Å². The highest BCUT2D eigenvalue weighted by molar-refractivity contribution is 5.99. The van der Waals surface area contributed by atoms with E-state index in [2.05, 4.69) is 42.2 Å². The summed E-state index contributed by atoms with van der Waals surface area (Å²) in [7, 11) is 0. The average Bonchev–Trinajstić information content (AvgIpc) is 3.77. The van der Waals surface area contributed by atoms with Gasteiger partial charge in [0.1, 0.15) is 54.4 Å². The van der Waals surface area contributed by atoms with Gasteiger partial charge in [0.2, 0.25) is 53.2 Å². The van der Waals surface area contributed by atoms with Crippen LogP contribution in [0.5, 0.6) is 0 Å². The van der Waals surface area contributed by atoms with Gasteiger partial charge in [-0.3, -0.25) is 67.3 Å². The Kier molecular flexibility index (Phi) is 30.0. The van der Waals surface area contributed by atoms with Crippen LogP contribution in [0.25, 0.3) is 0 Å². The van der Waals surface area contributed by atoms with Gasteiger partial charge in [-0.05, 0) is 89.4 Å². The van der Waals surface area contributed by atoms with E-state index in [1.54, 1.807) is 27.7 Å². The van der Waals surface area contributed by atoms with Crippen LogP contribution in [0, 0.1) is 11.8 Å². The summed E-state index contributed by atoms with van der Waals surface area (Å²) in [5, 5.41) is 75.2. The van der Waals surface area contributed by atoms with E-state index in [0.29, 0.717) is 0 Å². The van der Waals surface area contributed by atoms with Crippen LogP contribution in [0.4, 0.5) is 0 Å². The van der Waals surface area contributed by atoms with Crippen molar-refractivity contribution in [3.05, 3.63) is 0 Å². The molecule has 0 radical (unpaired) electrons. The van der Waals surface area contributed by atoms with Gasteiger partial charge in [-0.2, -0.15) is 0 Å². The van der Waals surface area contributed by atoms with E-state index in [1.165, 1.54) is 0 Å². The number of rotatable bonds is 37. The Balaban J connectivity index is 2.41. The molecule has 0 unspecified atom stereocenters. The number of aliphatic hydroxyl groups is 1. The summed E-state index contributed by atoms with van der Waals surface area (Å²) >= 11 is 0. The number of aliphatic carboxylic acids is 5. The van der Waals surface area contributed by atoms with E-state index in [9.17, 15) is 97.8 Å². The molecule has 9 amide bonds. The quantitative estimate of drug-likeness (QED) is 0.0158. The van der Waals surface area contributed by atoms with E-state index in [1.807, 2.05) is 0 Å². The summed E-state index contributed by atoms with van der Waals surface area (Å²) in [6.45, 7) is 7.47. The zero-order chi connectivity index (χ0) is 63.7. The third-order valence-corrected chi connectivity index (χ3v) is 13.7. The number of nitrogens with zero attached hydrogens (tertiary/aromatic N) is 3. The molecule has 0 aliphatic carbocycles. The second-order valence-electron chi connectivity index (χ2n) is 21.4. The normalized spacial score (nSPS) is 18.0. The number of amides is 9. The molecule has 33 heteroatoms. The summed E-state index contributed by atoms with van der Waals surface area (Å²) in [5.41, 5.74) is 16.5. The minimum absolute atomic E-state index is 0.0362. The summed E-state index contributed by atoms with van der Waals surface area (Å²) < 4.78 is 0. The molecule has 2 aliphatic heterocycles. The van der Waals surface area contributed by atoms with Crippen molar-refractivity contribution >= 4 is 89.0 Å². The predicted octanol–water partition coefficient (Wildman–Crippen LogP) is -4.63. The number of nitrogens with one attached hydrogen (secondary N) is 7. The lowest BCUT2D eigenvalue weighted by Gasteiger charge is -2.32. The fourth-order valence-electron chi connectivity index (χ4n) is 9.17. The van der Waals surface area contributed by atoms with Crippen LogP contribution < -0.4 is 54.4 Å². The number of aliphatic imine (C=N–C) groups is 1. The van der Waals surface area contributed by atoms with Gasteiger partial charge in [-0.1, -0.05) is 27.7 Å². The standard InChI is InChI=1S/C51H83N13O20/c1-24(2)23-32(43(76)60-31(50(83)84)9-6-20-55-51(53)54)61-41(74)27(12-16-35(66)67)56-44(77)33-10-7-21-63(33)48(81)29(14-18-37(70)71)58-45(78)34-11-8-22-64(34)49(82)30(15-19-38(72)73)59-47(80)40(26(5)65)62-42(75)28(13-17-36(68)69)57-46(79)39(52)25(3)4/h24-34,39-40,65H,6-23,52H2,1-5H3,(H,56,77)(H,57,79)(H,58,78)(H,59,80)(H,60,76)(H,61,74)(H,62,75)(H,66,67)(H,68,69)(H,70,71)(H,72,73)(H,83,84)(H4,53,54,55)/t26-,27+,28+,29+,30+,31+,32+,33+,34+,39+,40+/m1/s1. The minimum Gasteiger partial charge on any atom is -0.481 e. The molecule has 0 saturated carbocycles. The molecule has 0 aromatic heterocycles. The molecule has 19 N–H and O–H groups in total. The van der Waals surface area contributed by atoms with Crippen molar-refractivity contribution in [3.8, 4) is 0 Å². The van der Waals surface area contributed by atoms with E-state index in [0.717, 1.165) is 16.7 Å². The Morgan fingerprint density at radius 1 is 0.500 bits per heavy atom.